The summed E-state index contributed by atoms with van der Waals surface area (Å²) >= 11 is 0.949. The molecule has 1 fully saturated rings. The van der Waals surface area contributed by atoms with Crippen LogP contribution in [0.2, 0.25) is 0 Å². The van der Waals surface area contributed by atoms with E-state index in [4.69, 9.17) is 15.2 Å². The smallest absolute Gasteiger partial charge is 0.247 e. The number of anilines is 1. The van der Waals surface area contributed by atoms with Crippen molar-refractivity contribution in [2.75, 3.05) is 11.7 Å². The number of benzene rings is 2. The molecule has 4 rings (SSSR count). The summed E-state index contributed by atoms with van der Waals surface area (Å²) in [6.45, 7) is 2.07. The van der Waals surface area contributed by atoms with Crippen LogP contribution >= 0.6 is 11.8 Å². The fourth-order valence-corrected chi connectivity index (χ4v) is 4.17. The van der Waals surface area contributed by atoms with Crippen LogP contribution in [-0.4, -0.2) is 34.7 Å². The van der Waals surface area contributed by atoms with E-state index in [1.165, 1.54) is 18.2 Å². The fourth-order valence-electron chi connectivity index (χ4n) is 3.36. The van der Waals surface area contributed by atoms with E-state index in [0.29, 0.717) is 6.42 Å². The van der Waals surface area contributed by atoms with Gasteiger partial charge >= 0.3 is 0 Å². The molecule has 32 heavy (non-hydrogen) atoms. The standard InChI is InChI=1S/C22H21FN4O4S/c1-13(6-7-14-8-9-17-18(10-14)31-12-30-17)25-26-22(24)32-19-11-20(28)27(21(19)29)16-5-3-2-4-15(16)23/h2-5,8-10,19H,6-7,11-12H2,1H3,(H2,24,26)/b25-13+. The molecule has 0 aliphatic carbocycles. The Kier molecular flexibility index (Phi) is 6.40. The van der Waals surface area contributed by atoms with E-state index >= 15 is 0 Å². The maximum atomic E-state index is 14.0. The molecule has 2 aliphatic heterocycles. The molecule has 166 valence electrons. The number of halogens is 1. The Hall–Kier alpha value is -3.40. The van der Waals surface area contributed by atoms with Crippen molar-refractivity contribution in [2.45, 2.75) is 31.4 Å². The van der Waals surface area contributed by atoms with Crippen LogP contribution in [-0.2, 0) is 16.0 Å². The van der Waals surface area contributed by atoms with Gasteiger partial charge in [-0.05, 0) is 49.6 Å². The van der Waals surface area contributed by atoms with Crippen molar-refractivity contribution in [2.24, 2.45) is 15.9 Å². The molecule has 10 heteroatoms. The lowest BCUT2D eigenvalue weighted by atomic mass is 10.1. The van der Waals surface area contributed by atoms with Crippen LogP contribution in [0.5, 0.6) is 11.5 Å². The Bertz CT molecular complexity index is 1120. The van der Waals surface area contributed by atoms with Crippen molar-refractivity contribution in [3.8, 4) is 11.5 Å². The number of amidine groups is 1. The van der Waals surface area contributed by atoms with Gasteiger partial charge in [0.05, 0.1) is 5.69 Å². The molecule has 0 radical (unpaired) electrons. The number of nitrogens with two attached hydrogens (primary N) is 1. The topological polar surface area (TPSA) is 107 Å². The number of aryl methyl sites for hydroxylation is 1. The van der Waals surface area contributed by atoms with Crippen LogP contribution in [0.25, 0.3) is 0 Å². The Balaban J connectivity index is 1.34. The van der Waals surface area contributed by atoms with Crippen molar-refractivity contribution in [3.63, 3.8) is 0 Å². The molecule has 2 amide bonds. The van der Waals surface area contributed by atoms with Crippen molar-refractivity contribution < 1.29 is 23.5 Å². The Morgan fingerprint density at radius 2 is 1.97 bits per heavy atom. The molecular formula is C22H21FN4O4S. The summed E-state index contributed by atoms with van der Waals surface area (Å²) in [7, 11) is 0. The van der Waals surface area contributed by atoms with Gasteiger partial charge in [0, 0.05) is 12.1 Å². The maximum Gasteiger partial charge on any atom is 0.247 e. The molecule has 1 saturated heterocycles. The number of imide groups is 1. The lowest BCUT2D eigenvalue weighted by Crippen LogP contribution is -2.32. The number of para-hydroxylation sites is 1. The first-order valence-corrected chi connectivity index (χ1v) is 10.8. The van der Waals surface area contributed by atoms with Crippen LogP contribution in [0.3, 0.4) is 0 Å². The third kappa shape index (κ3) is 4.75. The summed E-state index contributed by atoms with van der Waals surface area (Å²) in [4.78, 5) is 25.8. The van der Waals surface area contributed by atoms with Crippen LogP contribution in [0.4, 0.5) is 10.1 Å². The number of hydrogen-bond acceptors (Lipinski definition) is 7. The fraction of sp³-hybridized carbons (Fsp3) is 0.273. The second-order valence-electron chi connectivity index (χ2n) is 7.29. The van der Waals surface area contributed by atoms with Gasteiger partial charge < -0.3 is 15.2 Å². The zero-order chi connectivity index (χ0) is 22.7. The monoisotopic (exact) mass is 456 g/mol. The average Bonchev–Trinajstić information content (AvgIpc) is 3.35. The molecule has 0 bridgehead atoms. The molecule has 2 aromatic rings. The molecule has 1 atom stereocenters. The van der Waals surface area contributed by atoms with E-state index in [2.05, 4.69) is 10.2 Å². The Morgan fingerprint density at radius 3 is 2.78 bits per heavy atom. The van der Waals surface area contributed by atoms with E-state index in [9.17, 15) is 14.0 Å². The summed E-state index contributed by atoms with van der Waals surface area (Å²) in [6, 6.07) is 11.4. The number of rotatable bonds is 6. The van der Waals surface area contributed by atoms with Gasteiger partial charge in [0.1, 0.15) is 11.1 Å². The normalized spacial score (nSPS) is 18.6. The predicted octanol–water partition coefficient (Wildman–Crippen LogP) is 3.24. The van der Waals surface area contributed by atoms with Crippen LogP contribution in [0.1, 0.15) is 25.3 Å². The molecule has 2 N–H and O–H groups in total. The van der Waals surface area contributed by atoms with E-state index in [1.54, 1.807) is 6.07 Å². The summed E-state index contributed by atoms with van der Waals surface area (Å²) in [6.07, 6.45) is 1.31. The van der Waals surface area contributed by atoms with Crippen molar-refractivity contribution in [1.29, 1.82) is 0 Å². The third-order valence-corrected chi connectivity index (χ3v) is 5.97. The first-order valence-electron chi connectivity index (χ1n) is 9.95. The number of nitrogens with zero attached hydrogens (tertiary/aromatic N) is 3. The van der Waals surface area contributed by atoms with Crippen molar-refractivity contribution in [3.05, 3.63) is 53.8 Å². The summed E-state index contributed by atoms with van der Waals surface area (Å²) < 4.78 is 24.7. The molecule has 0 spiro atoms. The highest BCUT2D eigenvalue weighted by molar-refractivity contribution is 8.14. The van der Waals surface area contributed by atoms with Crippen LogP contribution in [0.15, 0.2) is 52.7 Å². The highest BCUT2D eigenvalue weighted by atomic mass is 32.2. The first-order chi connectivity index (χ1) is 15.4. The Morgan fingerprint density at radius 1 is 1.19 bits per heavy atom. The molecule has 0 aromatic heterocycles. The average molecular weight is 456 g/mol. The number of hydrogen-bond donors (Lipinski definition) is 1. The molecule has 0 saturated carbocycles. The van der Waals surface area contributed by atoms with E-state index < -0.39 is 22.9 Å². The lowest BCUT2D eigenvalue weighted by Gasteiger charge is -2.15. The van der Waals surface area contributed by atoms with Gasteiger partial charge in [0.25, 0.3) is 0 Å². The minimum Gasteiger partial charge on any atom is -0.454 e. The van der Waals surface area contributed by atoms with Gasteiger partial charge in [-0.2, -0.15) is 5.10 Å². The van der Waals surface area contributed by atoms with E-state index in [1.807, 2.05) is 25.1 Å². The van der Waals surface area contributed by atoms with Crippen LogP contribution in [0, 0.1) is 5.82 Å². The van der Waals surface area contributed by atoms with Gasteiger partial charge in [-0.25, -0.2) is 9.29 Å². The zero-order valence-electron chi connectivity index (χ0n) is 17.3. The number of ether oxygens (including phenoxy) is 2. The highest BCUT2D eigenvalue weighted by Gasteiger charge is 2.41. The minimum absolute atomic E-state index is 0.0570. The number of fused-ring (bicyclic) bond motifs is 1. The summed E-state index contributed by atoms with van der Waals surface area (Å²) in [5.41, 5.74) is 7.69. The van der Waals surface area contributed by atoms with E-state index in [-0.39, 0.29) is 24.1 Å². The molecule has 2 aliphatic rings. The van der Waals surface area contributed by atoms with E-state index in [0.717, 1.165) is 45.9 Å². The van der Waals surface area contributed by atoms with Gasteiger partial charge in [0.2, 0.25) is 18.6 Å². The molecule has 1 unspecified atom stereocenters. The van der Waals surface area contributed by atoms with Crippen molar-refractivity contribution >= 4 is 40.1 Å². The molecule has 2 aromatic carbocycles. The van der Waals surface area contributed by atoms with Crippen molar-refractivity contribution in [1.82, 2.24) is 0 Å². The minimum atomic E-state index is -0.769. The quantitative estimate of drug-likeness (QED) is 0.310. The second kappa shape index (κ2) is 9.39. The number of amides is 2. The lowest BCUT2D eigenvalue weighted by molar-refractivity contribution is -0.121. The third-order valence-electron chi connectivity index (χ3n) is 4.99. The van der Waals surface area contributed by atoms with Gasteiger partial charge in [-0.1, -0.05) is 30.0 Å². The SMILES string of the molecule is C/C(CCc1ccc2c(c1)OCO2)=N\N=C(/N)SC1CC(=O)N(c2ccccc2F)C1=O. The molecular weight excluding hydrogens is 435 g/mol. The number of carbonyl (C=O) groups excluding carboxylic acids is 2. The maximum absolute atomic E-state index is 14.0. The predicted molar refractivity (Wildman–Crippen MR) is 121 cm³/mol. The van der Waals surface area contributed by atoms with Gasteiger partial charge in [-0.3, -0.25) is 9.59 Å². The van der Waals surface area contributed by atoms with Gasteiger partial charge in [-0.15, -0.1) is 5.10 Å². The van der Waals surface area contributed by atoms with Gasteiger partial charge in [0.15, 0.2) is 16.7 Å². The van der Waals surface area contributed by atoms with Crippen LogP contribution < -0.4 is 20.1 Å². The zero-order valence-corrected chi connectivity index (χ0v) is 18.1. The molecule has 8 nitrogen and oxygen atoms in total. The highest BCUT2D eigenvalue weighted by Crippen LogP contribution is 2.33. The largest absolute Gasteiger partial charge is 0.454 e. The first kappa shape index (κ1) is 21.8. The molecule has 2 heterocycles. The second-order valence-corrected chi connectivity index (χ2v) is 8.51. The number of thioether (sulfide) groups is 1. The summed E-state index contributed by atoms with van der Waals surface area (Å²) in [5.74, 6) is -0.164. The summed E-state index contributed by atoms with van der Waals surface area (Å²) in [5, 5.41) is 7.39. The Labute approximate surface area is 188 Å². The number of carbonyl (C=O) groups is 2.